The van der Waals surface area contributed by atoms with Crippen LogP contribution in [-0.2, 0) is 0 Å². The van der Waals surface area contributed by atoms with Gasteiger partial charge in [-0.1, -0.05) is 23.1 Å². The van der Waals surface area contributed by atoms with Crippen LogP contribution in [0.2, 0.25) is 0 Å². The molecule has 76 valence electrons. The molecule has 0 fully saturated rings. The Balaban J connectivity index is 2.80. The lowest BCUT2D eigenvalue weighted by molar-refractivity contribution is -0.447. The van der Waals surface area contributed by atoms with Gasteiger partial charge in [0.2, 0.25) is 5.69 Å². The largest absolute Gasteiger partial charge is 0.594 e. The Labute approximate surface area is 83.1 Å². The van der Waals surface area contributed by atoms with Crippen molar-refractivity contribution in [2.75, 3.05) is 0 Å². The minimum absolute atomic E-state index is 0.396. The first-order valence-electron chi connectivity index (χ1n) is 4.52. The fourth-order valence-electron chi connectivity index (χ4n) is 0.884. The summed E-state index contributed by atoms with van der Waals surface area (Å²) >= 11 is 0. The molecule has 1 rings (SSSR count). The number of hydrogen-bond acceptors (Lipinski definition) is 3. The molecule has 0 spiro atoms. The molecule has 0 amide bonds. The molecule has 0 radical (unpaired) electrons. The smallest absolute Gasteiger partial charge is 0.244 e. The average molecular weight is 194 g/mol. The zero-order chi connectivity index (χ0) is 10.6. The molecular weight excluding hydrogens is 180 g/mol. The Morgan fingerprint density at radius 3 is 2.36 bits per heavy atom. The first kappa shape index (κ1) is 10.7. The van der Waals surface area contributed by atoms with Gasteiger partial charge in [0.1, 0.15) is 6.04 Å². The molecule has 1 aromatic carbocycles. The molecule has 4 nitrogen and oxygen atoms in total. The highest BCUT2D eigenvalue weighted by Crippen LogP contribution is 2.11. The zero-order valence-electron chi connectivity index (χ0n) is 8.29. The highest BCUT2D eigenvalue weighted by atomic mass is 16.5. The first-order valence-corrected chi connectivity index (χ1v) is 4.52. The molecular formula is C10H14N2O2. The van der Waals surface area contributed by atoms with Gasteiger partial charge in [0, 0.05) is 12.1 Å². The van der Waals surface area contributed by atoms with Crippen molar-refractivity contribution in [3.63, 3.8) is 0 Å². The van der Waals surface area contributed by atoms with Crippen LogP contribution in [0.15, 0.2) is 35.4 Å². The summed E-state index contributed by atoms with van der Waals surface area (Å²) in [5, 5.41) is 24.3. The molecule has 0 saturated carbocycles. The summed E-state index contributed by atoms with van der Waals surface area (Å²) in [6.07, 6.45) is -0.616. The topological polar surface area (TPSA) is 58.7 Å². The molecule has 4 heteroatoms. The van der Waals surface area contributed by atoms with Crippen molar-refractivity contribution >= 4 is 5.69 Å². The van der Waals surface area contributed by atoms with Crippen LogP contribution in [0.5, 0.6) is 0 Å². The predicted octanol–water partition coefficient (Wildman–Crippen LogP) is 2.05. The van der Waals surface area contributed by atoms with Gasteiger partial charge in [-0.25, -0.2) is 0 Å². The number of benzene rings is 1. The molecule has 0 heterocycles. The van der Waals surface area contributed by atoms with E-state index in [0.717, 1.165) is 0 Å². The number of azo groups is 1. The lowest BCUT2D eigenvalue weighted by Gasteiger charge is -2.07. The van der Waals surface area contributed by atoms with E-state index in [0.29, 0.717) is 10.5 Å². The SMILES string of the molecule is CC(O)C(C)N=[N+]([O-])c1ccccc1. The van der Waals surface area contributed by atoms with Gasteiger partial charge in [0.05, 0.1) is 6.10 Å². The summed E-state index contributed by atoms with van der Waals surface area (Å²) in [5.74, 6) is 0. The number of aliphatic hydroxyl groups excluding tert-OH is 1. The molecule has 0 aromatic heterocycles. The lowest BCUT2D eigenvalue weighted by Crippen LogP contribution is -2.18. The van der Waals surface area contributed by atoms with E-state index in [1.165, 1.54) is 0 Å². The van der Waals surface area contributed by atoms with Gasteiger partial charge >= 0.3 is 0 Å². The van der Waals surface area contributed by atoms with E-state index in [9.17, 15) is 5.21 Å². The van der Waals surface area contributed by atoms with Gasteiger partial charge in [-0.3, -0.25) is 0 Å². The van der Waals surface area contributed by atoms with E-state index < -0.39 is 12.1 Å². The minimum atomic E-state index is -0.616. The van der Waals surface area contributed by atoms with Crippen molar-refractivity contribution in [2.45, 2.75) is 26.0 Å². The highest BCUT2D eigenvalue weighted by Gasteiger charge is 2.12. The Hall–Kier alpha value is -1.42. The summed E-state index contributed by atoms with van der Waals surface area (Å²) in [7, 11) is 0. The van der Waals surface area contributed by atoms with Crippen molar-refractivity contribution in [3.05, 3.63) is 35.5 Å². The molecule has 2 atom stereocenters. The lowest BCUT2D eigenvalue weighted by atomic mass is 10.2. The Morgan fingerprint density at radius 2 is 1.86 bits per heavy atom. The third-order valence-corrected chi connectivity index (χ3v) is 1.96. The summed E-state index contributed by atoms with van der Waals surface area (Å²) in [6, 6.07) is 8.31. The predicted molar refractivity (Wildman–Crippen MR) is 53.3 cm³/mol. The van der Waals surface area contributed by atoms with E-state index in [2.05, 4.69) is 5.11 Å². The molecule has 0 saturated heterocycles. The van der Waals surface area contributed by atoms with E-state index in [-0.39, 0.29) is 0 Å². The van der Waals surface area contributed by atoms with Gasteiger partial charge in [0.25, 0.3) is 0 Å². The quantitative estimate of drug-likeness (QED) is 0.455. The third kappa shape index (κ3) is 2.81. The molecule has 1 aromatic rings. The molecule has 0 aliphatic rings. The van der Waals surface area contributed by atoms with Gasteiger partial charge in [-0.2, -0.15) is 0 Å². The van der Waals surface area contributed by atoms with Crippen LogP contribution in [0.4, 0.5) is 5.69 Å². The van der Waals surface area contributed by atoms with Crippen LogP contribution < -0.4 is 0 Å². The van der Waals surface area contributed by atoms with Crippen LogP contribution in [-0.4, -0.2) is 22.1 Å². The molecule has 0 bridgehead atoms. The minimum Gasteiger partial charge on any atom is -0.594 e. The summed E-state index contributed by atoms with van der Waals surface area (Å²) in [6.45, 7) is 3.30. The number of hydrogen-bond donors (Lipinski definition) is 1. The fourth-order valence-corrected chi connectivity index (χ4v) is 0.884. The van der Waals surface area contributed by atoms with Crippen LogP contribution >= 0.6 is 0 Å². The first-order chi connectivity index (χ1) is 6.61. The molecule has 2 unspecified atom stereocenters. The van der Waals surface area contributed by atoms with Crippen LogP contribution in [0.3, 0.4) is 0 Å². The number of nitrogens with zero attached hydrogens (tertiary/aromatic N) is 2. The standard InChI is InChI=1S/C10H14N2O2/c1-8(9(2)13)11-12(14)10-6-4-3-5-7-10/h3-9,13H,1-2H3. The van der Waals surface area contributed by atoms with Crippen molar-refractivity contribution in [1.82, 2.24) is 0 Å². The third-order valence-electron chi connectivity index (χ3n) is 1.96. The summed E-state index contributed by atoms with van der Waals surface area (Å²) in [5.41, 5.74) is 0.472. The van der Waals surface area contributed by atoms with E-state index >= 15 is 0 Å². The van der Waals surface area contributed by atoms with Gasteiger partial charge < -0.3 is 10.3 Å². The van der Waals surface area contributed by atoms with E-state index in [4.69, 9.17) is 5.11 Å². The van der Waals surface area contributed by atoms with Crippen molar-refractivity contribution in [2.24, 2.45) is 5.11 Å². The average Bonchev–Trinajstić information content (AvgIpc) is 2.19. The monoisotopic (exact) mass is 194 g/mol. The Bertz CT molecular complexity index is 309. The number of aliphatic hydroxyl groups is 1. The van der Waals surface area contributed by atoms with Gasteiger partial charge in [-0.15, -0.1) is 0 Å². The maximum absolute atomic E-state index is 11.4. The van der Waals surface area contributed by atoms with Gasteiger partial charge in [-0.05, 0) is 19.0 Å². The Morgan fingerprint density at radius 1 is 1.29 bits per heavy atom. The molecule has 0 aliphatic carbocycles. The van der Waals surface area contributed by atoms with Gasteiger partial charge in [0.15, 0.2) is 0 Å². The molecule has 1 N–H and O–H groups in total. The second kappa shape index (κ2) is 4.72. The molecule has 0 aliphatic heterocycles. The van der Waals surface area contributed by atoms with Crippen LogP contribution in [0.25, 0.3) is 0 Å². The highest BCUT2D eigenvalue weighted by molar-refractivity contribution is 5.27. The second-order valence-corrected chi connectivity index (χ2v) is 3.21. The van der Waals surface area contributed by atoms with Crippen LogP contribution in [0.1, 0.15) is 13.8 Å². The zero-order valence-corrected chi connectivity index (χ0v) is 8.29. The van der Waals surface area contributed by atoms with Crippen molar-refractivity contribution in [1.29, 1.82) is 0 Å². The maximum Gasteiger partial charge on any atom is 0.244 e. The number of para-hydroxylation sites is 1. The van der Waals surface area contributed by atoms with E-state index in [1.807, 2.05) is 6.07 Å². The van der Waals surface area contributed by atoms with E-state index in [1.54, 1.807) is 38.1 Å². The summed E-state index contributed by atoms with van der Waals surface area (Å²) in [4.78, 5) is 0.539. The summed E-state index contributed by atoms with van der Waals surface area (Å²) < 4.78 is 0. The normalized spacial score (nSPS) is 16.4. The van der Waals surface area contributed by atoms with Crippen molar-refractivity contribution < 1.29 is 9.97 Å². The second-order valence-electron chi connectivity index (χ2n) is 3.21. The molecule has 14 heavy (non-hydrogen) atoms. The fraction of sp³-hybridized carbons (Fsp3) is 0.400. The maximum atomic E-state index is 11.4. The van der Waals surface area contributed by atoms with Crippen LogP contribution in [0, 0.1) is 5.21 Å². The van der Waals surface area contributed by atoms with Crippen molar-refractivity contribution in [3.8, 4) is 0 Å². The Kier molecular flexibility index (Phi) is 3.59. The number of rotatable bonds is 3.